The molecule has 0 saturated heterocycles. The first-order valence-corrected chi connectivity index (χ1v) is 5.38. The molecule has 1 aromatic carbocycles. The summed E-state index contributed by atoms with van der Waals surface area (Å²) in [5.41, 5.74) is 8.90. The number of benzene rings is 1. The van der Waals surface area contributed by atoms with Crippen LogP contribution >= 0.6 is 0 Å². The Morgan fingerprint density at radius 1 is 1.19 bits per heavy atom. The van der Waals surface area contributed by atoms with Crippen LogP contribution in [0.3, 0.4) is 0 Å². The molecule has 0 unspecified atom stereocenters. The minimum absolute atomic E-state index is 0.113. The number of aromatic nitrogens is 2. The van der Waals surface area contributed by atoms with Gasteiger partial charge in [0.05, 0.1) is 17.6 Å². The van der Waals surface area contributed by atoms with E-state index in [1.54, 1.807) is 0 Å². The Labute approximate surface area is 95.9 Å². The normalized spacial score (nSPS) is 11.7. The maximum absolute atomic E-state index is 5.91. The zero-order chi connectivity index (χ0) is 11.8. The molecule has 2 N–H and O–H groups in total. The number of nitrogens with zero attached hydrogens (tertiary/aromatic N) is 2. The Morgan fingerprint density at radius 3 is 2.44 bits per heavy atom. The van der Waals surface area contributed by atoms with Crippen molar-refractivity contribution < 1.29 is 0 Å². The summed E-state index contributed by atoms with van der Waals surface area (Å²) >= 11 is 0. The predicted molar refractivity (Wildman–Crippen MR) is 66.7 cm³/mol. The van der Waals surface area contributed by atoms with Crippen LogP contribution in [0.2, 0.25) is 0 Å². The Kier molecular flexibility index (Phi) is 2.46. The molecule has 2 aromatic rings. The van der Waals surface area contributed by atoms with Gasteiger partial charge in [-0.2, -0.15) is 5.10 Å². The second-order valence-corrected chi connectivity index (χ2v) is 4.98. The van der Waals surface area contributed by atoms with E-state index < -0.39 is 0 Å². The van der Waals surface area contributed by atoms with Gasteiger partial charge >= 0.3 is 0 Å². The van der Waals surface area contributed by atoms with Crippen LogP contribution in [0, 0.1) is 0 Å². The molecule has 0 fully saturated rings. The van der Waals surface area contributed by atoms with Gasteiger partial charge in [-0.3, -0.25) is 0 Å². The summed E-state index contributed by atoms with van der Waals surface area (Å²) in [6, 6.07) is 7.74. The summed E-state index contributed by atoms with van der Waals surface area (Å²) in [5, 5.41) is 4.35. The van der Waals surface area contributed by atoms with Crippen molar-refractivity contribution in [3.63, 3.8) is 0 Å². The summed E-state index contributed by atoms with van der Waals surface area (Å²) in [6.45, 7) is 6.51. The number of rotatable bonds is 1. The minimum Gasteiger partial charge on any atom is -0.397 e. The standard InChI is InChI=1S/C13H17N3/c1-13(2,3)10-8-15-16(9-10)12-7-5-4-6-11(12)14/h4-9H,14H2,1-3H3. The first kappa shape index (κ1) is 10.7. The quantitative estimate of drug-likeness (QED) is 0.743. The molecule has 0 saturated carbocycles. The Morgan fingerprint density at radius 2 is 1.88 bits per heavy atom. The van der Waals surface area contributed by atoms with Gasteiger partial charge < -0.3 is 5.73 Å². The highest BCUT2D eigenvalue weighted by Crippen LogP contribution is 2.23. The van der Waals surface area contributed by atoms with E-state index in [9.17, 15) is 0 Å². The van der Waals surface area contributed by atoms with Gasteiger partial charge in [-0.15, -0.1) is 0 Å². The van der Waals surface area contributed by atoms with E-state index in [0.717, 1.165) is 11.4 Å². The van der Waals surface area contributed by atoms with Crippen molar-refractivity contribution in [2.75, 3.05) is 5.73 Å². The van der Waals surface area contributed by atoms with Crippen LogP contribution in [0.5, 0.6) is 0 Å². The maximum Gasteiger partial charge on any atom is 0.0874 e. The number of hydrogen-bond donors (Lipinski definition) is 1. The summed E-state index contributed by atoms with van der Waals surface area (Å²) in [4.78, 5) is 0. The van der Waals surface area contributed by atoms with Crippen LogP contribution in [-0.2, 0) is 5.41 Å². The topological polar surface area (TPSA) is 43.8 Å². The van der Waals surface area contributed by atoms with Crippen molar-refractivity contribution in [1.29, 1.82) is 0 Å². The van der Waals surface area contributed by atoms with Gasteiger partial charge in [-0.05, 0) is 23.1 Å². The molecule has 2 rings (SSSR count). The lowest BCUT2D eigenvalue weighted by molar-refractivity contribution is 0.590. The van der Waals surface area contributed by atoms with Crippen molar-refractivity contribution in [2.45, 2.75) is 26.2 Å². The Hall–Kier alpha value is -1.77. The first-order valence-electron chi connectivity index (χ1n) is 5.38. The molecule has 0 amide bonds. The van der Waals surface area contributed by atoms with Gasteiger partial charge in [0.1, 0.15) is 0 Å². The summed E-state index contributed by atoms with van der Waals surface area (Å²) in [6.07, 6.45) is 3.93. The molecular weight excluding hydrogens is 198 g/mol. The smallest absolute Gasteiger partial charge is 0.0874 e. The van der Waals surface area contributed by atoms with Gasteiger partial charge in [0.25, 0.3) is 0 Å². The second-order valence-electron chi connectivity index (χ2n) is 4.98. The van der Waals surface area contributed by atoms with E-state index in [1.807, 2.05) is 41.3 Å². The van der Waals surface area contributed by atoms with Crippen LogP contribution in [0.25, 0.3) is 5.69 Å². The molecule has 3 nitrogen and oxygen atoms in total. The number of anilines is 1. The molecule has 84 valence electrons. The van der Waals surface area contributed by atoms with Crippen LogP contribution < -0.4 is 5.73 Å². The molecule has 0 atom stereocenters. The fraction of sp³-hybridized carbons (Fsp3) is 0.308. The summed E-state index contributed by atoms with van der Waals surface area (Å²) in [7, 11) is 0. The number of nitrogen functional groups attached to an aromatic ring is 1. The lowest BCUT2D eigenvalue weighted by Gasteiger charge is -2.15. The SMILES string of the molecule is CC(C)(C)c1cnn(-c2ccccc2N)c1. The Balaban J connectivity index is 2.44. The lowest BCUT2D eigenvalue weighted by atomic mass is 9.90. The molecule has 16 heavy (non-hydrogen) atoms. The summed E-state index contributed by atoms with van der Waals surface area (Å²) in [5.74, 6) is 0. The van der Waals surface area contributed by atoms with Crippen LogP contribution in [-0.4, -0.2) is 9.78 Å². The van der Waals surface area contributed by atoms with Gasteiger partial charge in [0.2, 0.25) is 0 Å². The molecular formula is C13H17N3. The van der Waals surface area contributed by atoms with Crippen molar-refractivity contribution in [2.24, 2.45) is 0 Å². The molecule has 0 aliphatic rings. The molecule has 0 aliphatic carbocycles. The van der Waals surface area contributed by atoms with Crippen LogP contribution in [0.1, 0.15) is 26.3 Å². The van der Waals surface area contributed by atoms with Crippen LogP contribution in [0.4, 0.5) is 5.69 Å². The molecule has 1 heterocycles. The zero-order valence-electron chi connectivity index (χ0n) is 9.94. The van der Waals surface area contributed by atoms with Gasteiger partial charge in [0, 0.05) is 6.20 Å². The molecule has 0 aliphatic heterocycles. The number of hydrogen-bond acceptors (Lipinski definition) is 2. The van der Waals surface area contributed by atoms with E-state index in [1.165, 1.54) is 5.56 Å². The monoisotopic (exact) mass is 215 g/mol. The van der Waals surface area contributed by atoms with Crippen molar-refractivity contribution in [3.8, 4) is 5.69 Å². The molecule has 1 aromatic heterocycles. The van der Waals surface area contributed by atoms with Crippen LogP contribution in [0.15, 0.2) is 36.7 Å². The highest BCUT2D eigenvalue weighted by Gasteiger charge is 2.16. The van der Waals surface area contributed by atoms with Crippen molar-refractivity contribution in [3.05, 3.63) is 42.2 Å². The first-order chi connectivity index (χ1) is 7.48. The third-order valence-electron chi connectivity index (χ3n) is 2.63. The molecule has 0 radical (unpaired) electrons. The van der Waals surface area contributed by atoms with Gasteiger partial charge in [0.15, 0.2) is 0 Å². The summed E-state index contributed by atoms with van der Waals surface area (Å²) < 4.78 is 1.83. The van der Waals surface area contributed by atoms with E-state index in [0.29, 0.717) is 0 Å². The maximum atomic E-state index is 5.91. The van der Waals surface area contributed by atoms with Crippen molar-refractivity contribution >= 4 is 5.69 Å². The second kappa shape index (κ2) is 3.67. The third-order valence-corrected chi connectivity index (χ3v) is 2.63. The zero-order valence-corrected chi connectivity index (χ0v) is 9.94. The molecule has 0 spiro atoms. The van der Waals surface area contributed by atoms with E-state index in [2.05, 4.69) is 25.9 Å². The number of nitrogens with two attached hydrogens (primary N) is 1. The Bertz CT molecular complexity index is 492. The third kappa shape index (κ3) is 1.94. The highest BCUT2D eigenvalue weighted by atomic mass is 15.3. The van der Waals surface area contributed by atoms with Gasteiger partial charge in [-0.1, -0.05) is 32.9 Å². The molecule has 0 bridgehead atoms. The minimum atomic E-state index is 0.113. The average Bonchev–Trinajstić information content (AvgIpc) is 2.66. The largest absolute Gasteiger partial charge is 0.397 e. The van der Waals surface area contributed by atoms with E-state index >= 15 is 0 Å². The van der Waals surface area contributed by atoms with Crippen molar-refractivity contribution in [1.82, 2.24) is 9.78 Å². The average molecular weight is 215 g/mol. The fourth-order valence-corrected chi connectivity index (χ4v) is 1.54. The highest BCUT2D eigenvalue weighted by molar-refractivity contribution is 5.57. The van der Waals surface area contributed by atoms with E-state index in [4.69, 9.17) is 5.73 Å². The van der Waals surface area contributed by atoms with E-state index in [-0.39, 0.29) is 5.41 Å². The number of para-hydroxylation sites is 2. The lowest BCUT2D eigenvalue weighted by Crippen LogP contribution is -2.09. The molecule has 3 heteroatoms. The fourth-order valence-electron chi connectivity index (χ4n) is 1.54. The van der Waals surface area contributed by atoms with Gasteiger partial charge in [-0.25, -0.2) is 4.68 Å². The predicted octanol–water partition coefficient (Wildman–Crippen LogP) is 2.75.